The number of halogens is 1. The number of hydrogen-bond acceptors (Lipinski definition) is 3. The minimum atomic E-state index is -1.06. The highest BCUT2D eigenvalue weighted by Gasteiger charge is 2.14. The minimum Gasteiger partial charge on any atom is -0.476 e. The number of carboxylic acid groups (broad SMARTS) is 1. The van der Waals surface area contributed by atoms with Crippen LogP contribution in [-0.4, -0.2) is 26.0 Å². The van der Waals surface area contributed by atoms with E-state index >= 15 is 0 Å². The summed E-state index contributed by atoms with van der Waals surface area (Å²) >= 11 is 3.21. The highest BCUT2D eigenvalue weighted by atomic mass is 79.9. The highest BCUT2D eigenvalue weighted by Crippen LogP contribution is 2.23. The average Bonchev–Trinajstić information content (AvgIpc) is 2.48. The Labute approximate surface area is 80.9 Å². The van der Waals surface area contributed by atoms with Crippen molar-refractivity contribution >= 4 is 32.9 Å². The Kier molecular flexibility index (Phi) is 1.77. The van der Waals surface area contributed by atoms with Crippen molar-refractivity contribution in [2.75, 3.05) is 0 Å². The maximum Gasteiger partial charge on any atom is 0.355 e. The van der Waals surface area contributed by atoms with Gasteiger partial charge in [0.15, 0.2) is 5.69 Å². The Morgan fingerprint density at radius 2 is 2.31 bits per heavy atom. The molecule has 2 aromatic heterocycles. The maximum atomic E-state index is 10.7. The molecule has 6 heteroatoms. The first-order chi connectivity index (χ1) is 6.20. The number of aromatic carboxylic acids is 1. The molecule has 0 aromatic carbocycles. The molecule has 0 saturated heterocycles. The Balaban J connectivity index is 2.88. The van der Waals surface area contributed by atoms with E-state index in [1.54, 1.807) is 6.20 Å². The van der Waals surface area contributed by atoms with Gasteiger partial charge in [0.2, 0.25) is 0 Å². The SMILES string of the molecule is O=C(O)c1ncnc2[nH]cc(Br)c12. The largest absolute Gasteiger partial charge is 0.476 e. The normalized spacial score (nSPS) is 10.5. The summed E-state index contributed by atoms with van der Waals surface area (Å²) in [7, 11) is 0. The van der Waals surface area contributed by atoms with Crippen molar-refractivity contribution in [3.8, 4) is 0 Å². The molecule has 0 aliphatic heterocycles. The van der Waals surface area contributed by atoms with Crippen molar-refractivity contribution < 1.29 is 9.90 Å². The molecule has 0 bridgehead atoms. The molecule has 0 radical (unpaired) electrons. The van der Waals surface area contributed by atoms with E-state index in [1.165, 1.54) is 6.33 Å². The molecule has 0 atom stereocenters. The number of H-pyrrole nitrogens is 1. The van der Waals surface area contributed by atoms with Crippen LogP contribution in [0.25, 0.3) is 11.0 Å². The fraction of sp³-hybridized carbons (Fsp3) is 0. The van der Waals surface area contributed by atoms with E-state index in [-0.39, 0.29) is 5.69 Å². The van der Waals surface area contributed by atoms with Crippen molar-refractivity contribution in [3.05, 3.63) is 22.7 Å². The van der Waals surface area contributed by atoms with Gasteiger partial charge in [-0.05, 0) is 15.9 Å². The van der Waals surface area contributed by atoms with Crippen LogP contribution in [0.2, 0.25) is 0 Å². The lowest BCUT2D eigenvalue weighted by molar-refractivity contribution is 0.0692. The summed E-state index contributed by atoms with van der Waals surface area (Å²) in [6, 6.07) is 0. The summed E-state index contributed by atoms with van der Waals surface area (Å²) in [6.45, 7) is 0. The van der Waals surface area contributed by atoms with Crippen molar-refractivity contribution in [1.29, 1.82) is 0 Å². The van der Waals surface area contributed by atoms with Gasteiger partial charge >= 0.3 is 5.97 Å². The van der Waals surface area contributed by atoms with Crippen LogP contribution < -0.4 is 0 Å². The molecule has 2 rings (SSSR count). The van der Waals surface area contributed by atoms with Crippen LogP contribution in [0.3, 0.4) is 0 Å². The van der Waals surface area contributed by atoms with Crippen LogP contribution in [0.5, 0.6) is 0 Å². The number of hydrogen-bond donors (Lipinski definition) is 2. The molecule has 0 unspecified atom stereocenters. The lowest BCUT2D eigenvalue weighted by Gasteiger charge is -1.94. The first-order valence-corrected chi connectivity index (χ1v) is 4.20. The second-order valence-corrected chi connectivity index (χ2v) is 3.24. The van der Waals surface area contributed by atoms with Crippen LogP contribution in [0.4, 0.5) is 0 Å². The summed E-state index contributed by atoms with van der Waals surface area (Å²) < 4.78 is 0.653. The van der Waals surface area contributed by atoms with Crippen LogP contribution in [-0.2, 0) is 0 Å². The van der Waals surface area contributed by atoms with Gasteiger partial charge in [-0.1, -0.05) is 0 Å². The second kappa shape index (κ2) is 2.81. The van der Waals surface area contributed by atoms with Crippen LogP contribution in [0.15, 0.2) is 17.0 Å². The van der Waals surface area contributed by atoms with E-state index in [0.717, 1.165) is 0 Å². The summed E-state index contributed by atoms with van der Waals surface area (Å²) in [5, 5.41) is 9.30. The third kappa shape index (κ3) is 1.19. The predicted molar refractivity (Wildman–Crippen MR) is 48.5 cm³/mol. The van der Waals surface area contributed by atoms with E-state index in [4.69, 9.17) is 5.11 Å². The van der Waals surface area contributed by atoms with Crippen molar-refractivity contribution in [2.45, 2.75) is 0 Å². The van der Waals surface area contributed by atoms with Gasteiger partial charge in [0.05, 0.1) is 5.39 Å². The summed E-state index contributed by atoms with van der Waals surface area (Å²) in [4.78, 5) is 21.1. The zero-order valence-electron chi connectivity index (χ0n) is 6.28. The molecule has 0 aliphatic carbocycles. The predicted octanol–water partition coefficient (Wildman–Crippen LogP) is 1.42. The number of nitrogens with one attached hydrogen (secondary N) is 1. The third-order valence-electron chi connectivity index (χ3n) is 1.62. The van der Waals surface area contributed by atoms with Gasteiger partial charge in [0.25, 0.3) is 0 Å². The standard InChI is InChI=1S/C7H4BrN3O2/c8-3-1-9-6-4(3)5(7(12)13)10-2-11-6/h1-2H,(H,12,13)(H,9,10,11). The smallest absolute Gasteiger partial charge is 0.355 e. The Morgan fingerprint density at radius 3 is 3.00 bits per heavy atom. The molecule has 0 fully saturated rings. The molecule has 13 heavy (non-hydrogen) atoms. The maximum absolute atomic E-state index is 10.7. The van der Waals surface area contributed by atoms with E-state index in [9.17, 15) is 4.79 Å². The van der Waals surface area contributed by atoms with Crippen molar-refractivity contribution in [1.82, 2.24) is 15.0 Å². The molecule has 0 aliphatic rings. The van der Waals surface area contributed by atoms with Crippen LogP contribution in [0, 0.1) is 0 Å². The number of carbonyl (C=O) groups is 1. The van der Waals surface area contributed by atoms with Gasteiger partial charge in [0, 0.05) is 10.7 Å². The fourth-order valence-electron chi connectivity index (χ4n) is 1.09. The first-order valence-electron chi connectivity index (χ1n) is 3.41. The molecule has 0 amide bonds. The molecule has 2 heterocycles. The van der Waals surface area contributed by atoms with E-state index in [1.807, 2.05) is 0 Å². The van der Waals surface area contributed by atoms with E-state index in [0.29, 0.717) is 15.5 Å². The van der Waals surface area contributed by atoms with E-state index in [2.05, 4.69) is 30.9 Å². The lowest BCUT2D eigenvalue weighted by atomic mass is 10.3. The van der Waals surface area contributed by atoms with Gasteiger partial charge in [-0.25, -0.2) is 14.8 Å². The molecular formula is C7H4BrN3O2. The van der Waals surface area contributed by atoms with Gasteiger partial charge in [-0.15, -0.1) is 0 Å². The number of aromatic nitrogens is 3. The quantitative estimate of drug-likeness (QED) is 0.792. The van der Waals surface area contributed by atoms with Crippen LogP contribution in [0.1, 0.15) is 10.5 Å². The van der Waals surface area contributed by atoms with Crippen LogP contribution >= 0.6 is 15.9 Å². The fourth-order valence-corrected chi connectivity index (χ4v) is 1.58. The third-order valence-corrected chi connectivity index (χ3v) is 2.25. The highest BCUT2D eigenvalue weighted by molar-refractivity contribution is 9.10. The summed E-state index contributed by atoms with van der Waals surface area (Å²) in [5.41, 5.74) is 0.511. The monoisotopic (exact) mass is 241 g/mol. The Hall–Kier alpha value is -1.43. The molecule has 0 saturated carbocycles. The number of aromatic amines is 1. The zero-order chi connectivity index (χ0) is 9.42. The first kappa shape index (κ1) is 8.18. The molecule has 2 aromatic rings. The summed E-state index contributed by atoms with van der Waals surface area (Å²) in [6.07, 6.45) is 2.85. The van der Waals surface area contributed by atoms with Gasteiger partial charge in [-0.3, -0.25) is 0 Å². The van der Waals surface area contributed by atoms with Gasteiger partial charge < -0.3 is 10.1 Å². The molecule has 66 valence electrons. The van der Waals surface area contributed by atoms with Crippen molar-refractivity contribution in [2.24, 2.45) is 0 Å². The van der Waals surface area contributed by atoms with E-state index < -0.39 is 5.97 Å². The average molecular weight is 242 g/mol. The van der Waals surface area contributed by atoms with Crippen molar-refractivity contribution in [3.63, 3.8) is 0 Å². The number of carboxylic acids is 1. The molecule has 5 nitrogen and oxygen atoms in total. The summed E-state index contributed by atoms with van der Waals surface area (Å²) in [5.74, 6) is -1.06. The molecule has 2 N–H and O–H groups in total. The van der Waals surface area contributed by atoms with Gasteiger partial charge in [-0.2, -0.15) is 0 Å². The number of rotatable bonds is 1. The van der Waals surface area contributed by atoms with Gasteiger partial charge in [0.1, 0.15) is 12.0 Å². The second-order valence-electron chi connectivity index (χ2n) is 2.39. The molecule has 0 spiro atoms. The topological polar surface area (TPSA) is 78.9 Å². The zero-order valence-corrected chi connectivity index (χ0v) is 7.87. The Bertz CT molecular complexity index is 480. The Morgan fingerprint density at radius 1 is 1.54 bits per heavy atom. The molecular weight excluding hydrogens is 238 g/mol. The minimum absolute atomic E-state index is 0.00174. The number of fused-ring (bicyclic) bond motifs is 1. The number of nitrogens with zero attached hydrogens (tertiary/aromatic N) is 2. The lowest BCUT2D eigenvalue weighted by Crippen LogP contribution is -2.01.